The molecule has 4 rings (SSSR count). The van der Waals surface area contributed by atoms with Crippen LogP contribution in [-0.2, 0) is 16.0 Å². The molecule has 0 unspecified atom stereocenters. The van der Waals surface area contributed by atoms with E-state index in [1.807, 2.05) is 6.92 Å². The van der Waals surface area contributed by atoms with Crippen LogP contribution < -0.4 is 20.8 Å². The van der Waals surface area contributed by atoms with Gasteiger partial charge in [-0.05, 0) is 62.2 Å². The molecule has 2 aromatic carbocycles. The summed E-state index contributed by atoms with van der Waals surface area (Å²) >= 11 is 0. The lowest BCUT2D eigenvalue weighted by atomic mass is 10.0. The van der Waals surface area contributed by atoms with Crippen LogP contribution in [0.1, 0.15) is 23.6 Å². The highest BCUT2D eigenvalue weighted by Gasteiger charge is 2.22. The molecule has 0 saturated heterocycles. The molecule has 2 heterocycles. The number of phenols is 1. The SMILES string of the molecule is Cc1c(C)c2ccc(O[C@@H](C)C(=O)N[C@H](Cc3c[nH]c4ccc(O)cc34)C(=O)[O-])cc2oc1=O. The van der Waals surface area contributed by atoms with Gasteiger partial charge in [0.05, 0.1) is 12.0 Å². The predicted molar refractivity (Wildman–Crippen MR) is 123 cm³/mol. The van der Waals surface area contributed by atoms with E-state index in [0.29, 0.717) is 27.8 Å². The molecule has 9 heteroatoms. The first kappa shape index (κ1) is 22.9. The highest BCUT2D eigenvalue weighted by Crippen LogP contribution is 2.25. The lowest BCUT2D eigenvalue weighted by Gasteiger charge is -2.22. The number of carboxylic acid groups (broad SMARTS) is 1. The molecule has 4 aromatic rings. The van der Waals surface area contributed by atoms with Crippen molar-refractivity contribution in [3.05, 3.63) is 69.7 Å². The van der Waals surface area contributed by atoms with E-state index in [2.05, 4.69) is 10.3 Å². The third kappa shape index (κ3) is 4.45. The first-order chi connectivity index (χ1) is 16.1. The van der Waals surface area contributed by atoms with Crippen LogP contribution in [0.3, 0.4) is 0 Å². The summed E-state index contributed by atoms with van der Waals surface area (Å²) in [7, 11) is 0. The zero-order valence-electron chi connectivity index (χ0n) is 18.8. The van der Waals surface area contributed by atoms with Gasteiger partial charge in [0.25, 0.3) is 5.91 Å². The summed E-state index contributed by atoms with van der Waals surface area (Å²) in [6, 6.07) is 8.28. The largest absolute Gasteiger partial charge is 0.548 e. The van der Waals surface area contributed by atoms with Crippen LogP contribution in [0, 0.1) is 13.8 Å². The Morgan fingerprint density at radius 2 is 1.91 bits per heavy atom. The first-order valence-corrected chi connectivity index (χ1v) is 10.6. The van der Waals surface area contributed by atoms with E-state index in [1.165, 1.54) is 25.1 Å². The zero-order chi connectivity index (χ0) is 24.6. The molecule has 2 aromatic heterocycles. The highest BCUT2D eigenvalue weighted by atomic mass is 16.5. The van der Waals surface area contributed by atoms with Crippen LogP contribution in [0.4, 0.5) is 0 Å². The van der Waals surface area contributed by atoms with Gasteiger partial charge in [0.15, 0.2) is 6.10 Å². The Labute approximate surface area is 194 Å². The number of H-pyrrole nitrogens is 1. The maximum absolute atomic E-state index is 12.7. The van der Waals surface area contributed by atoms with E-state index in [-0.39, 0.29) is 12.2 Å². The number of ether oxygens (including phenoxy) is 1. The summed E-state index contributed by atoms with van der Waals surface area (Å²) in [6.07, 6.45) is 0.535. The van der Waals surface area contributed by atoms with Crippen molar-refractivity contribution in [1.82, 2.24) is 10.3 Å². The van der Waals surface area contributed by atoms with Crippen LogP contribution in [0.25, 0.3) is 21.9 Å². The lowest BCUT2D eigenvalue weighted by molar-refractivity contribution is -0.308. The lowest BCUT2D eigenvalue weighted by Crippen LogP contribution is -2.52. The number of hydrogen-bond acceptors (Lipinski definition) is 7. The van der Waals surface area contributed by atoms with Crippen LogP contribution in [0.15, 0.2) is 51.8 Å². The smallest absolute Gasteiger partial charge is 0.339 e. The molecule has 0 bridgehead atoms. The predicted octanol–water partition coefficient (Wildman–Crippen LogP) is 1.84. The fourth-order valence-corrected chi connectivity index (χ4v) is 3.80. The number of aromatic amines is 1. The summed E-state index contributed by atoms with van der Waals surface area (Å²) in [4.78, 5) is 39.4. The van der Waals surface area contributed by atoms with Gasteiger partial charge in [-0.2, -0.15) is 0 Å². The van der Waals surface area contributed by atoms with Crippen molar-refractivity contribution >= 4 is 33.7 Å². The number of hydrogen-bond donors (Lipinski definition) is 3. The molecule has 34 heavy (non-hydrogen) atoms. The number of carbonyl (C=O) groups is 2. The number of aromatic hydroxyl groups is 1. The number of rotatable bonds is 7. The van der Waals surface area contributed by atoms with Gasteiger partial charge in [-0.15, -0.1) is 0 Å². The second-order valence-corrected chi connectivity index (χ2v) is 8.19. The van der Waals surface area contributed by atoms with Crippen molar-refractivity contribution in [3.63, 3.8) is 0 Å². The Bertz CT molecular complexity index is 1470. The zero-order valence-corrected chi connectivity index (χ0v) is 18.8. The standard InChI is InChI=1S/C25H24N2O7/c1-12-13(2)25(32)34-22-10-17(5-6-18(12)22)33-14(3)23(29)27-21(24(30)31)8-15-11-26-20-7-4-16(28)9-19(15)20/h4-7,9-11,14,21,26,28H,8H2,1-3H3,(H,27,29)(H,30,31)/p-1/t14-,21+/m0/s1. The monoisotopic (exact) mass is 463 g/mol. The molecule has 0 spiro atoms. The molecule has 0 fully saturated rings. The van der Waals surface area contributed by atoms with Crippen LogP contribution in [0.2, 0.25) is 0 Å². The number of amides is 1. The second kappa shape index (κ2) is 8.93. The molecule has 0 aliphatic rings. The van der Waals surface area contributed by atoms with E-state index >= 15 is 0 Å². The molecule has 0 aliphatic carbocycles. The van der Waals surface area contributed by atoms with Gasteiger partial charge in [-0.1, -0.05) is 0 Å². The summed E-state index contributed by atoms with van der Waals surface area (Å²) < 4.78 is 11.0. The van der Waals surface area contributed by atoms with Crippen molar-refractivity contribution in [3.8, 4) is 11.5 Å². The summed E-state index contributed by atoms with van der Waals surface area (Å²) in [5, 5.41) is 25.3. The Kier molecular flexibility index (Phi) is 6.02. The molecular weight excluding hydrogens is 440 g/mol. The van der Waals surface area contributed by atoms with Gasteiger partial charge in [0.1, 0.15) is 17.1 Å². The average Bonchev–Trinajstić information content (AvgIpc) is 3.18. The number of fused-ring (bicyclic) bond motifs is 2. The molecule has 1 amide bonds. The van der Waals surface area contributed by atoms with E-state index in [1.54, 1.807) is 31.3 Å². The fourth-order valence-electron chi connectivity index (χ4n) is 3.80. The molecule has 0 radical (unpaired) electrons. The number of aryl methyl sites for hydroxylation is 1. The van der Waals surface area contributed by atoms with Crippen molar-refractivity contribution in [1.29, 1.82) is 0 Å². The van der Waals surface area contributed by atoms with Gasteiger partial charge >= 0.3 is 5.63 Å². The highest BCUT2D eigenvalue weighted by molar-refractivity contribution is 5.88. The Morgan fingerprint density at radius 3 is 2.65 bits per heavy atom. The Hall–Kier alpha value is -4.27. The molecular formula is C25H23N2O7-. The van der Waals surface area contributed by atoms with Crippen molar-refractivity contribution in [2.45, 2.75) is 39.3 Å². The number of nitrogens with one attached hydrogen (secondary N) is 2. The van der Waals surface area contributed by atoms with Crippen molar-refractivity contribution in [2.24, 2.45) is 0 Å². The normalized spacial score (nSPS) is 13.0. The van der Waals surface area contributed by atoms with E-state index in [4.69, 9.17) is 9.15 Å². The molecule has 176 valence electrons. The molecule has 3 N–H and O–H groups in total. The van der Waals surface area contributed by atoms with Gasteiger partial charge in [0, 0.05) is 40.5 Å². The number of benzene rings is 2. The van der Waals surface area contributed by atoms with E-state index in [9.17, 15) is 24.6 Å². The molecule has 2 atom stereocenters. The molecule has 9 nitrogen and oxygen atoms in total. The minimum absolute atomic E-state index is 0.0426. The molecule has 0 aliphatic heterocycles. The minimum atomic E-state index is -1.45. The van der Waals surface area contributed by atoms with Gasteiger partial charge < -0.3 is 34.5 Å². The molecule has 0 saturated carbocycles. The van der Waals surface area contributed by atoms with E-state index in [0.717, 1.165) is 16.5 Å². The first-order valence-electron chi connectivity index (χ1n) is 10.6. The topological polar surface area (TPSA) is 145 Å². The minimum Gasteiger partial charge on any atom is -0.548 e. The summed E-state index contributed by atoms with van der Waals surface area (Å²) in [5.74, 6) is -1.77. The quantitative estimate of drug-likeness (QED) is 0.355. The van der Waals surface area contributed by atoms with E-state index < -0.39 is 29.6 Å². The van der Waals surface area contributed by atoms with Crippen LogP contribution in [-0.4, -0.2) is 34.1 Å². The maximum Gasteiger partial charge on any atom is 0.339 e. The Balaban J connectivity index is 1.49. The second-order valence-electron chi connectivity index (χ2n) is 8.19. The van der Waals surface area contributed by atoms with Crippen LogP contribution >= 0.6 is 0 Å². The summed E-state index contributed by atoms with van der Waals surface area (Å²) in [5.41, 5.74) is 2.52. The average molecular weight is 463 g/mol. The number of aromatic nitrogens is 1. The number of carbonyl (C=O) groups excluding carboxylic acids is 2. The van der Waals surface area contributed by atoms with Gasteiger partial charge in [0.2, 0.25) is 0 Å². The maximum atomic E-state index is 12.7. The van der Waals surface area contributed by atoms with Crippen molar-refractivity contribution in [2.75, 3.05) is 0 Å². The number of aliphatic carboxylic acids is 1. The fraction of sp³-hybridized carbons (Fsp3) is 0.240. The summed E-state index contributed by atoms with van der Waals surface area (Å²) in [6.45, 7) is 4.98. The Morgan fingerprint density at radius 1 is 1.15 bits per heavy atom. The van der Waals surface area contributed by atoms with Crippen molar-refractivity contribution < 1.29 is 29.0 Å². The third-order valence-corrected chi connectivity index (χ3v) is 5.89. The van der Waals surface area contributed by atoms with Gasteiger partial charge in [-0.3, -0.25) is 4.79 Å². The third-order valence-electron chi connectivity index (χ3n) is 5.89. The number of carboxylic acids is 1. The number of phenolic OH excluding ortho intramolecular Hbond substituents is 1. The van der Waals surface area contributed by atoms with Gasteiger partial charge in [-0.25, -0.2) is 4.79 Å². The van der Waals surface area contributed by atoms with Crippen LogP contribution in [0.5, 0.6) is 11.5 Å².